The van der Waals surface area contributed by atoms with Gasteiger partial charge in [0.15, 0.2) is 5.13 Å². The highest BCUT2D eigenvalue weighted by Gasteiger charge is 2.45. The highest BCUT2D eigenvalue weighted by atomic mass is 32.2. The van der Waals surface area contributed by atoms with E-state index in [4.69, 9.17) is 0 Å². The van der Waals surface area contributed by atoms with Crippen LogP contribution in [0.4, 0.5) is 13.9 Å². The number of carbonyl (C=O) groups excluding carboxylic acids is 1. The Bertz CT molecular complexity index is 611. The summed E-state index contributed by atoms with van der Waals surface area (Å²) in [5.74, 6) is -5.60. The molecule has 1 aliphatic rings. The maximum Gasteiger partial charge on any atom is 0.385 e. The Kier molecular flexibility index (Phi) is 3.96. The van der Waals surface area contributed by atoms with Crippen LogP contribution in [-0.2, 0) is 25.5 Å². The van der Waals surface area contributed by atoms with Crippen molar-refractivity contribution >= 4 is 32.5 Å². The van der Waals surface area contributed by atoms with E-state index in [0.29, 0.717) is 24.2 Å². The third kappa shape index (κ3) is 3.06. The number of carbonyl (C=O) groups is 1. The summed E-state index contributed by atoms with van der Waals surface area (Å²) in [7, 11) is -3.57. The van der Waals surface area contributed by atoms with Gasteiger partial charge in [-0.2, -0.15) is 8.78 Å². The molecule has 6 nitrogen and oxygen atoms in total. The number of ether oxygens (including phenoxy) is 1. The predicted molar refractivity (Wildman–Crippen MR) is 68.2 cm³/mol. The zero-order chi connectivity index (χ0) is 15.0. The summed E-state index contributed by atoms with van der Waals surface area (Å²) in [6.07, 6.45) is 1.10. The molecule has 0 amide bonds. The molecule has 2 rings (SSSR count). The fourth-order valence-corrected chi connectivity index (χ4v) is 3.70. The van der Waals surface area contributed by atoms with E-state index in [2.05, 4.69) is 14.4 Å². The first kappa shape index (κ1) is 15.1. The third-order valence-corrected chi connectivity index (χ3v) is 5.26. The van der Waals surface area contributed by atoms with Crippen molar-refractivity contribution in [2.75, 3.05) is 11.3 Å². The molecular formula is C10H12F2N2O4S2. The fourth-order valence-electron chi connectivity index (χ4n) is 1.37. The van der Waals surface area contributed by atoms with E-state index in [1.165, 1.54) is 6.92 Å². The lowest BCUT2D eigenvalue weighted by Crippen LogP contribution is -2.28. The van der Waals surface area contributed by atoms with Gasteiger partial charge in [-0.1, -0.05) is 0 Å². The third-order valence-electron chi connectivity index (χ3n) is 2.55. The molecule has 20 heavy (non-hydrogen) atoms. The van der Waals surface area contributed by atoms with E-state index in [0.717, 1.165) is 5.38 Å². The number of halogens is 2. The van der Waals surface area contributed by atoms with E-state index in [9.17, 15) is 22.0 Å². The molecule has 1 heterocycles. The van der Waals surface area contributed by atoms with Crippen LogP contribution in [-0.4, -0.2) is 31.2 Å². The summed E-state index contributed by atoms with van der Waals surface area (Å²) >= 11 is 0.695. The highest BCUT2D eigenvalue weighted by Crippen LogP contribution is 2.34. The summed E-state index contributed by atoms with van der Waals surface area (Å²) in [6, 6.07) is 0. The molecule has 112 valence electrons. The van der Waals surface area contributed by atoms with Crippen LogP contribution in [0.3, 0.4) is 0 Å². The van der Waals surface area contributed by atoms with Crippen molar-refractivity contribution in [1.29, 1.82) is 0 Å². The van der Waals surface area contributed by atoms with Crippen molar-refractivity contribution in [3.8, 4) is 0 Å². The molecule has 0 saturated heterocycles. The van der Waals surface area contributed by atoms with Crippen molar-refractivity contribution in [3.05, 3.63) is 11.1 Å². The molecular weight excluding hydrogens is 314 g/mol. The van der Waals surface area contributed by atoms with Gasteiger partial charge < -0.3 is 4.74 Å². The largest absolute Gasteiger partial charge is 0.461 e. The maximum absolute atomic E-state index is 13.6. The van der Waals surface area contributed by atoms with Crippen molar-refractivity contribution in [1.82, 2.24) is 4.98 Å². The molecule has 0 aromatic carbocycles. The Hall–Kier alpha value is -1.29. The van der Waals surface area contributed by atoms with E-state index >= 15 is 0 Å². The Balaban J connectivity index is 2.14. The van der Waals surface area contributed by atoms with Gasteiger partial charge in [0.25, 0.3) is 0 Å². The average Bonchev–Trinajstić information content (AvgIpc) is 3.11. The lowest BCUT2D eigenvalue weighted by molar-refractivity contribution is -0.173. The Labute approximate surface area is 118 Å². The first-order chi connectivity index (χ1) is 9.27. The molecule has 10 heteroatoms. The minimum absolute atomic E-state index is 0.181. The SMILES string of the molecule is CCOC(=O)C(F)(F)c1csc(NS(=O)(=O)C2CC2)n1. The fraction of sp³-hybridized carbons (Fsp3) is 0.600. The lowest BCUT2D eigenvalue weighted by Gasteiger charge is -2.11. The zero-order valence-electron chi connectivity index (χ0n) is 10.4. The molecule has 0 atom stereocenters. The van der Waals surface area contributed by atoms with E-state index in [1.54, 1.807) is 0 Å². The Morgan fingerprint density at radius 3 is 2.80 bits per heavy atom. The number of hydrogen-bond donors (Lipinski definition) is 1. The van der Waals surface area contributed by atoms with Crippen LogP contribution in [0.2, 0.25) is 0 Å². The smallest absolute Gasteiger partial charge is 0.385 e. The summed E-state index contributed by atoms with van der Waals surface area (Å²) in [6.45, 7) is 1.23. The first-order valence-electron chi connectivity index (χ1n) is 5.80. The molecule has 1 N–H and O–H groups in total. The van der Waals surface area contributed by atoms with E-state index in [-0.39, 0.29) is 11.7 Å². The molecule has 1 aromatic heterocycles. The van der Waals surface area contributed by atoms with Gasteiger partial charge in [0.2, 0.25) is 10.0 Å². The van der Waals surface area contributed by atoms with Gasteiger partial charge in [0, 0.05) is 5.38 Å². The van der Waals surface area contributed by atoms with Gasteiger partial charge in [-0.15, -0.1) is 11.3 Å². The molecule has 0 aliphatic heterocycles. The normalized spacial score (nSPS) is 15.9. The molecule has 0 unspecified atom stereocenters. The van der Waals surface area contributed by atoms with E-state index < -0.39 is 32.9 Å². The standard InChI is InChI=1S/C10H12F2N2O4S2/c1-2-18-8(15)10(11,12)7-5-19-9(13-7)14-20(16,17)6-3-4-6/h5-6H,2-4H2,1H3,(H,13,14). The Morgan fingerprint density at radius 2 is 2.25 bits per heavy atom. The lowest BCUT2D eigenvalue weighted by atomic mass is 10.3. The summed E-state index contributed by atoms with van der Waals surface area (Å²) < 4.78 is 57.0. The van der Waals surface area contributed by atoms with Crippen LogP contribution in [0.5, 0.6) is 0 Å². The van der Waals surface area contributed by atoms with Crippen LogP contribution in [0.1, 0.15) is 25.5 Å². The van der Waals surface area contributed by atoms with Crippen molar-refractivity contribution in [2.24, 2.45) is 0 Å². The van der Waals surface area contributed by atoms with Gasteiger partial charge in [-0.25, -0.2) is 18.2 Å². The van der Waals surface area contributed by atoms with Crippen molar-refractivity contribution in [3.63, 3.8) is 0 Å². The van der Waals surface area contributed by atoms with Gasteiger partial charge in [-0.05, 0) is 19.8 Å². The number of hydrogen-bond acceptors (Lipinski definition) is 6. The number of anilines is 1. The molecule has 1 fully saturated rings. The number of nitrogens with zero attached hydrogens (tertiary/aromatic N) is 1. The minimum Gasteiger partial charge on any atom is -0.461 e. The summed E-state index contributed by atoms with van der Waals surface area (Å²) in [4.78, 5) is 14.6. The van der Waals surface area contributed by atoms with Crippen LogP contribution in [0.15, 0.2) is 5.38 Å². The number of aromatic nitrogens is 1. The van der Waals surface area contributed by atoms with Crippen LogP contribution >= 0.6 is 11.3 Å². The molecule has 1 saturated carbocycles. The number of esters is 1. The van der Waals surface area contributed by atoms with Crippen LogP contribution in [0, 0.1) is 0 Å². The van der Waals surface area contributed by atoms with E-state index in [1.807, 2.05) is 0 Å². The Morgan fingerprint density at radius 1 is 1.60 bits per heavy atom. The van der Waals surface area contributed by atoms with Crippen molar-refractivity contribution in [2.45, 2.75) is 30.9 Å². The number of rotatable bonds is 6. The summed E-state index contributed by atoms with van der Waals surface area (Å²) in [5.41, 5.74) is -0.825. The van der Waals surface area contributed by atoms with Gasteiger partial charge in [-0.3, -0.25) is 4.72 Å². The molecule has 0 radical (unpaired) electrons. The highest BCUT2D eigenvalue weighted by molar-refractivity contribution is 7.93. The second-order valence-electron chi connectivity index (χ2n) is 4.18. The minimum atomic E-state index is -3.89. The molecule has 0 spiro atoms. The average molecular weight is 326 g/mol. The first-order valence-corrected chi connectivity index (χ1v) is 8.22. The molecule has 1 aromatic rings. The van der Waals surface area contributed by atoms with Gasteiger partial charge in [0.05, 0.1) is 11.9 Å². The van der Waals surface area contributed by atoms with Crippen LogP contribution < -0.4 is 4.72 Å². The monoisotopic (exact) mass is 326 g/mol. The van der Waals surface area contributed by atoms with Crippen LogP contribution in [0.25, 0.3) is 0 Å². The predicted octanol–water partition coefficient (Wildman–Crippen LogP) is 1.70. The number of thiazole rings is 1. The second kappa shape index (κ2) is 5.24. The number of sulfonamides is 1. The quantitative estimate of drug-likeness (QED) is 0.804. The van der Waals surface area contributed by atoms with Gasteiger partial charge >= 0.3 is 11.9 Å². The van der Waals surface area contributed by atoms with Gasteiger partial charge in [0.1, 0.15) is 5.69 Å². The zero-order valence-corrected chi connectivity index (χ0v) is 12.1. The van der Waals surface area contributed by atoms with Crippen molar-refractivity contribution < 1.29 is 26.7 Å². The topological polar surface area (TPSA) is 85.4 Å². The number of alkyl halides is 2. The summed E-state index contributed by atoms with van der Waals surface area (Å²) in [5, 5.41) is 0.262. The maximum atomic E-state index is 13.6. The molecule has 1 aliphatic carbocycles. The number of nitrogens with one attached hydrogen (secondary N) is 1. The second-order valence-corrected chi connectivity index (χ2v) is 7.00. The molecule has 0 bridgehead atoms.